The van der Waals surface area contributed by atoms with Crippen LogP contribution in [0.25, 0.3) is 0 Å². The molecule has 0 aromatic heterocycles. The van der Waals surface area contributed by atoms with E-state index in [9.17, 15) is 9.59 Å². The number of ether oxygens (including phenoxy) is 1. The van der Waals surface area contributed by atoms with Gasteiger partial charge in [0.1, 0.15) is 6.61 Å². The van der Waals surface area contributed by atoms with Crippen LogP contribution in [0.15, 0.2) is 30.3 Å². The highest BCUT2D eigenvalue weighted by Crippen LogP contribution is 2.52. The smallest absolute Gasteiger partial charge is 0.246 e. The zero-order valence-corrected chi connectivity index (χ0v) is 15.5. The van der Waals surface area contributed by atoms with Crippen molar-refractivity contribution < 1.29 is 14.3 Å². The van der Waals surface area contributed by atoms with Crippen molar-refractivity contribution in [3.05, 3.63) is 35.9 Å². The number of benzene rings is 1. The quantitative estimate of drug-likeness (QED) is 0.880. The molecule has 5 heteroatoms. The molecule has 2 aliphatic carbocycles. The van der Waals surface area contributed by atoms with Crippen LogP contribution < -0.4 is 5.32 Å². The third-order valence-electron chi connectivity index (χ3n) is 6.81. The topological polar surface area (TPSA) is 58.6 Å². The molecule has 1 spiro atoms. The molecule has 1 heterocycles. The maximum Gasteiger partial charge on any atom is 0.246 e. The first-order chi connectivity index (χ1) is 12.6. The molecule has 1 atom stereocenters. The maximum absolute atomic E-state index is 13.2. The highest BCUT2D eigenvalue weighted by molar-refractivity contribution is 5.91. The number of nitrogens with one attached hydrogen (secondary N) is 1. The Bertz CT molecular complexity index is 676. The second kappa shape index (κ2) is 6.69. The average Bonchev–Trinajstić information content (AvgIpc) is 3.48. The first-order valence-corrected chi connectivity index (χ1v) is 9.73. The van der Waals surface area contributed by atoms with Gasteiger partial charge in [0, 0.05) is 26.2 Å². The van der Waals surface area contributed by atoms with Gasteiger partial charge in [-0.1, -0.05) is 30.3 Å². The Balaban J connectivity index is 1.37. The summed E-state index contributed by atoms with van der Waals surface area (Å²) in [7, 11) is 1.54. The van der Waals surface area contributed by atoms with Gasteiger partial charge in [0.15, 0.2) is 0 Å². The van der Waals surface area contributed by atoms with Gasteiger partial charge in [0.25, 0.3) is 0 Å². The fourth-order valence-corrected chi connectivity index (χ4v) is 4.85. The number of piperidine rings is 1. The maximum atomic E-state index is 13.2. The molecule has 1 unspecified atom stereocenters. The molecule has 2 saturated carbocycles. The van der Waals surface area contributed by atoms with E-state index >= 15 is 0 Å². The number of hydrogen-bond donors (Lipinski definition) is 1. The minimum absolute atomic E-state index is 0.0314. The van der Waals surface area contributed by atoms with Crippen LogP contribution in [-0.2, 0) is 19.7 Å². The second-order valence-electron chi connectivity index (χ2n) is 8.19. The monoisotopic (exact) mass is 356 g/mol. The molecule has 0 radical (unpaired) electrons. The van der Waals surface area contributed by atoms with Crippen molar-refractivity contribution in [2.45, 2.75) is 50.0 Å². The van der Waals surface area contributed by atoms with Crippen molar-refractivity contribution in [1.82, 2.24) is 10.2 Å². The Labute approximate surface area is 155 Å². The number of likely N-dealkylation sites (tertiary alicyclic amines) is 1. The van der Waals surface area contributed by atoms with E-state index in [1.807, 2.05) is 18.2 Å². The lowest BCUT2D eigenvalue weighted by molar-refractivity contribution is -0.140. The Morgan fingerprint density at radius 1 is 1.12 bits per heavy atom. The number of carbonyl (C=O) groups is 2. The van der Waals surface area contributed by atoms with Crippen LogP contribution in [0.5, 0.6) is 0 Å². The van der Waals surface area contributed by atoms with Crippen LogP contribution in [0, 0.1) is 5.41 Å². The number of rotatable bonds is 5. The Morgan fingerprint density at radius 3 is 2.35 bits per heavy atom. The molecule has 26 heavy (non-hydrogen) atoms. The molecule has 5 nitrogen and oxygen atoms in total. The molecule has 3 fully saturated rings. The summed E-state index contributed by atoms with van der Waals surface area (Å²) in [6.45, 7) is 1.74. The highest BCUT2D eigenvalue weighted by Gasteiger charge is 2.55. The van der Waals surface area contributed by atoms with Gasteiger partial charge >= 0.3 is 0 Å². The van der Waals surface area contributed by atoms with Crippen molar-refractivity contribution in [3.63, 3.8) is 0 Å². The largest absolute Gasteiger partial charge is 0.375 e. The molecule has 1 saturated heterocycles. The Kier molecular flexibility index (Phi) is 4.51. The minimum Gasteiger partial charge on any atom is -0.375 e. The Hall–Kier alpha value is -1.88. The average molecular weight is 356 g/mol. The molecular weight excluding hydrogens is 328 g/mol. The van der Waals surface area contributed by atoms with Crippen molar-refractivity contribution in [2.24, 2.45) is 5.41 Å². The van der Waals surface area contributed by atoms with E-state index in [1.165, 1.54) is 5.56 Å². The van der Waals surface area contributed by atoms with E-state index in [0.29, 0.717) is 5.91 Å². The number of carbonyl (C=O) groups excluding carboxylic acids is 2. The fourth-order valence-electron chi connectivity index (χ4n) is 4.85. The first-order valence-electron chi connectivity index (χ1n) is 9.73. The molecular formula is C21H28N2O3. The zero-order valence-electron chi connectivity index (χ0n) is 15.5. The van der Waals surface area contributed by atoms with Gasteiger partial charge in [-0.05, 0) is 49.5 Å². The molecule has 1 aromatic carbocycles. The summed E-state index contributed by atoms with van der Waals surface area (Å²) in [4.78, 5) is 27.1. The molecule has 1 N–H and O–H groups in total. The molecule has 1 aromatic rings. The first kappa shape index (κ1) is 17.5. The zero-order chi connectivity index (χ0) is 18.2. The van der Waals surface area contributed by atoms with Crippen LogP contribution >= 0.6 is 0 Å². The van der Waals surface area contributed by atoms with Gasteiger partial charge < -0.3 is 15.0 Å². The lowest BCUT2D eigenvalue weighted by atomic mass is 9.59. The number of nitrogens with zero attached hydrogens (tertiary/aromatic N) is 1. The molecule has 3 aliphatic rings. The highest BCUT2D eigenvalue weighted by atomic mass is 16.5. The van der Waals surface area contributed by atoms with Gasteiger partial charge in [-0.25, -0.2) is 0 Å². The Morgan fingerprint density at radius 2 is 1.81 bits per heavy atom. The molecule has 4 rings (SSSR count). The minimum atomic E-state index is -0.266. The van der Waals surface area contributed by atoms with E-state index in [0.717, 1.165) is 51.6 Å². The van der Waals surface area contributed by atoms with Gasteiger partial charge in [0.2, 0.25) is 11.8 Å². The van der Waals surface area contributed by atoms with Crippen molar-refractivity contribution in [2.75, 3.05) is 26.8 Å². The van der Waals surface area contributed by atoms with E-state index in [1.54, 1.807) is 7.11 Å². The number of amides is 2. The van der Waals surface area contributed by atoms with E-state index in [4.69, 9.17) is 4.74 Å². The SMILES string of the molecule is COCC(=O)NC1CCC12CCN(C(=O)C1(c3ccccc3)CC1)CC2. The second-order valence-corrected chi connectivity index (χ2v) is 8.19. The fraction of sp³-hybridized carbons (Fsp3) is 0.619. The van der Waals surface area contributed by atoms with Crippen LogP contribution in [0.2, 0.25) is 0 Å². The summed E-state index contributed by atoms with van der Waals surface area (Å²) in [5, 5.41) is 3.12. The summed E-state index contributed by atoms with van der Waals surface area (Å²) in [6.07, 6.45) is 6.09. The van der Waals surface area contributed by atoms with Crippen molar-refractivity contribution in [3.8, 4) is 0 Å². The van der Waals surface area contributed by atoms with Crippen LogP contribution in [0.1, 0.15) is 44.1 Å². The summed E-state index contributed by atoms with van der Waals surface area (Å²) in [5.74, 6) is 0.272. The van der Waals surface area contributed by atoms with Crippen LogP contribution in [0.4, 0.5) is 0 Å². The summed E-state index contributed by atoms with van der Waals surface area (Å²) in [5.41, 5.74) is 1.08. The standard InChI is InChI=1S/C21H28N2O3/c1-26-15-18(24)22-17-7-8-20(17)11-13-23(14-12-20)19(25)21(9-10-21)16-5-3-2-4-6-16/h2-6,17H,7-15H2,1H3,(H,22,24). The van der Waals surface area contributed by atoms with Gasteiger partial charge in [0.05, 0.1) is 5.41 Å². The predicted octanol–water partition coefficient (Wildman–Crippen LogP) is 2.25. The van der Waals surface area contributed by atoms with Gasteiger partial charge in [-0.2, -0.15) is 0 Å². The summed E-state index contributed by atoms with van der Waals surface area (Å²) >= 11 is 0. The van der Waals surface area contributed by atoms with E-state index in [-0.39, 0.29) is 29.4 Å². The van der Waals surface area contributed by atoms with Crippen molar-refractivity contribution >= 4 is 11.8 Å². The summed E-state index contributed by atoms with van der Waals surface area (Å²) < 4.78 is 4.92. The lowest BCUT2D eigenvalue weighted by Crippen LogP contribution is -2.60. The third-order valence-corrected chi connectivity index (χ3v) is 6.81. The molecule has 2 amide bonds. The van der Waals surface area contributed by atoms with E-state index < -0.39 is 0 Å². The van der Waals surface area contributed by atoms with Crippen LogP contribution in [0.3, 0.4) is 0 Å². The number of methoxy groups -OCH3 is 1. The van der Waals surface area contributed by atoms with Gasteiger partial charge in [-0.3, -0.25) is 9.59 Å². The summed E-state index contributed by atoms with van der Waals surface area (Å²) in [6, 6.07) is 10.5. The van der Waals surface area contributed by atoms with Crippen molar-refractivity contribution in [1.29, 1.82) is 0 Å². The number of hydrogen-bond acceptors (Lipinski definition) is 3. The molecule has 140 valence electrons. The molecule has 1 aliphatic heterocycles. The third kappa shape index (κ3) is 2.92. The van der Waals surface area contributed by atoms with E-state index in [2.05, 4.69) is 22.3 Å². The normalized spacial score (nSPS) is 25.4. The van der Waals surface area contributed by atoms with Crippen LogP contribution in [-0.4, -0.2) is 49.6 Å². The predicted molar refractivity (Wildman–Crippen MR) is 98.6 cm³/mol. The molecule has 0 bridgehead atoms. The lowest BCUT2D eigenvalue weighted by Gasteiger charge is -2.54. The van der Waals surface area contributed by atoms with Gasteiger partial charge in [-0.15, -0.1) is 0 Å².